The van der Waals surface area contributed by atoms with Gasteiger partial charge in [0.1, 0.15) is 5.92 Å². The molecule has 31 heavy (non-hydrogen) atoms. The van der Waals surface area contributed by atoms with E-state index in [1.54, 1.807) is 0 Å². The molecule has 3 aliphatic rings. The molecule has 2 aromatic rings. The van der Waals surface area contributed by atoms with E-state index >= 15 is 0 Å². The highest BCUT2D eigenvalue weighted by molar-refractivity contribution is 6.17. The molecule has 0 spiro atoms. The smallest absolute Gasteiger partial charge is 0.154 e. The first-order chi connectivity index (χ1) is 14.6. The molecule has 1 saturated carbocycles. The molecular weight excluding hydrogens is 384 g/mol. The summed E-state index contributed by atoms with van der Waals surface area (Å²) in [6.07, 6.45) is 0.524. The summed E-state index contributed by atoms with van der Waals surface area (Å²) in [6, 6.07) is 12.9. The Morgan fingerprint density at radius 1 is 0.871 bits per heavy atom. The molecule has 3 nitrogen and oxygen atoms in total. The molecule has 1 aliphatic carbocycles. The van der Waals surface area contributed by atoms with Crippen molar-refractivity contribution in [3.63, 3.8) is 0 Å². The molecule has 3 heteroatoms. The van der Waals surface area contributed by atoms with Gasteiger partial charge in [0.2, 0.25) is 0 Å². The van der Waals surface area contributed by atoms with Crippen LogP contribution in [0.2, 0.25) is 0 Å². The van der Waals surface area contributed by atoms with E-state index in [0.717, 1.165) is 23.1 Å². The van der Waals surface area contributed by atoms with E-state index in [4.69, 9.17) is 4.74 Å². The highest BCUT2D eigenvalue weighted by Crippen LogP contribution is 2.57. The van der Waals surface area contributed by atoms with Gasteiger partial charge in [0.15, 0.2) is 11.6 Å². The van der Waals surface area contributed by atoms with Gasteiger partial charge in [0.05, 0.1) is 24.0 Å². The van der Waals surface area contributed by atoms with Gasteiger partial charge in [-0.05, 0) is 60.4 Å². The van der Waals surface area contributed by atoms with Crippen molar-refractivity contribution < 1.29 is 14.3 Å². The lowest BCUT2D eigenvalue weighted by atomic mass is 9.72. The average molecular weight is 417 g/mol. The lowest BCUT2D eigenvalue weighted by Gasteiger charge is -2.27. The predicted octanol–water partition coefficient (Wildman–Crippen LogP) is 5.33. The summed E-state index contributed by atoms with van der Waals surface area (Å²) in [4.78, 5) is 27.1. The van der Waals surface area contributed by atoms with Crippen molar-refractivity contribution in [3.8, 4) is 0 Å². The molecule has 1 unspecified atom stereocenters. The van der Waals surface area contributed by atoms with Crippen molar-refractivity contribution in [2.75, 3.05) is 0 Å². The maximum absolute atomic E-state index is 13.6. The predicted molar refractivity (Wildman–Crippen MR) is 122 cm³/mol. The van der Waals surface area contributed by atoms with Crippen LogP contribution in [0, 0.1) is 32.6 Å². The van der Waals surface area contributed by atoms with Gasteiger partial charge >= 0.3 is 0 Å². The summed E-state index contributed by atoms with van der Waals surface area (Å²) in [5.41, 5.74) is 6.83. The Bertz CT molecular complexity index is 1050. The zero-order valence-corrected chi connectivity index (χ0v) is 19.4. The summed E-state index contributed by atoms with van der Waals surface area (Å²) in [5, 5.41) is 0. The molecule has 5 rings (SSSR count). The number of ketones is 2. The fraction of sp³-hybridized carbons (Fsp3) is 0.500. The summed E-state index contributed by atoms with van der Waals surface area (Å²) in [6.45, 7) is 12.7. The Hall–Kier alpha value is -2.26. The first-order valence-electron chi connectivity index (χ1n) is 11.5. The van der Waals surface area contributed by atoms with Crippen LogP contribution in [0.1, 0.15) is 72.4 Å². The van der Waals surface area contributed by atoms with Crippen LogP contribution < -0.4 is 0 Å². The second-order valence-corrected chi connectivity index (χ2v) is 11.0. The van der Waals surface area contributed by atoms with Crippen molar-refractivity contribution in [2.24, 2.45) is 11.8 Å². The standard InChI is InChI=1S/C28H32O3/c1-14-11-15(2)21(16(3)12-14)23-25(29)22-20-13-19(27(31-20)24(22)26(23)30)17-7-9-18(10-8-17)28(4,5)6/h7-12,19-20,22-24,27H,13H2,1-6H3/t19-,20-,22-,23?,24+,27+/m0/s1. The van der Waals surface area contributed by atoms with Crippen molar-refractivity contribution in [3.05, 3.63) is 69.8 Å². The molecule has 0 N–H and O–H groups in total. The minimum Gasteiger partial charge on any atom is -0.373 e. The van der Waals surface area contributed by atoms with E-state index in [0.29, 0.717) is 0 Å². The number of hydrogen-bond acceptors (Lipinski definition) is 3. The fourth-order valence-electron chi connectivity index (χ4n) is 6.45. The average Bonchev–Trinajstić information content (AvgIpc) is 3.34. The van der Waals surface area contributed by atoms with Crippen LogP contribution in [-0.2, 0) is 19.7 Å². The first-order valence-corrected chi connectivity index (χ1v) is 11.5. The molecule has 2 heterocycles. The van der Waals surface area contributed by atoms with Crippen LogP contribution in [0.15, 0.2) is 36.4 Å². The van der Waals surface area contributed by atoms with E-state index < -0.39 is 5.92 Å². The van der Waals surface area contributed by atoms with E-state index in [1.807, 2.05) is 13.8 Å². The number of carbonyl (C=O) groups excluding carboxylic acids is 2. The van der Waals surface area contributed by atoms with Gasteiger partial charge in [-0.25, -0.2) is 0 Å². The van der Waals surface area contributed by atoms with Crippen LogP contribution in [0.3, 0.4) is 0 Å². The lowest BCUT2D eigenvalue weighted by molar-refractivity contribution is -0.127. The topological polar surface area (TPSA) is 43.4 Å². The Morgan fingerprint density at radius 2 is 1.45 bits per heavy atom. The van der Waals surface area contributed by atoms with Gasteiger partial charge in [0, 0.05) is 5.92 Å². The molecular formula is C28H32O3. The van der Waals surface area contributed by atoms with E-state index in [9.17, 15) is 9.59 Å². The minimum absolute atomic E-state index is 0.0774. The molecule has 0 aromatic heterocycles. The Morgan fingerprint density at radius 3 is 2.03 bits per heavy atom. The number of fused-ring (bicyclic) bond motifs is 5. The van der Waals surface area contributed by atoms with Crippen molar-refractivity contribution >= 4 is 11.6 Å². The molecule has 2 saturated heterocycles. The largest absolute Gasteiger partial charge is 0.373 e. The lowest BCUT2D eigenvalue weighted by Crippen LogP contribution is -2.34. The Labute approximate surface area is 185 Å². The van der Waals surface area contributed by atoms with Gasteiger partial charge in [-0.1, -0.05) is 62.7 Å². The maximum Gasteiger partial charge on any atom is 0.154 e. The highest BCUT2D eigenvalue weighted by atomic mass is 16.5. The van der Waals surface area contributed by atoms with Crippen molar-refractivity contribution in [2.45, 2.75) is 77.4 Å². The normalized spacial score (nSPS) is 32.1. The second-order valence-electron chi connectivity index (χ2n) is 11.0. The summed E-state index contributed by atoms with van der Waals surface area (Å²) in [7, 11) is 0. The minimum atomic E-state index is -0.619. The fourth-order valence-corrected chi connectivity index (χ4v) is 6.45. The van der Waals surface area contributed by atoms with Crippen LogP contribution in [0.25, 0.3) is 0 Å². The van der Waals surface area contributed by atoms with Crippen molar-refractivity contribution in [1.29, 1.82) is 0 Å². The van der Waals surface area contributed by atoms with Crippen LogP contribution in [0.5, 0.6) is 0 Å². The van der Waals surface area contributed by atoms with E-state index in [-0.39, 0.29) is 46.9 Å². The number of rotatable bonds is 2. The molecule has 0 amide bonds. The molecule has 2 aliphatic heterocycles. The molecule has 162 valence electrons. The summed E-state index contributed by atoms with van der Waals surface area (Å²) < 4.78 is 6.27. The van der Waals surface area contributed by atoms with E-state index in [1.165, 1.54) is 16.7 Å². The number of benzene rings is 2. The Balaban J connectivity index is 1.46. The third-order valence-electron chi connectivity index (χ3n) is 7.81. The summed E-state index contributed by atoms with van der Waals surface area (Å²) >= 11 is 0. The monoisotopic (exact) mass is 416 g/mol. The van der Waals surface area contributed by atoms with Gasteiger partial charge in [-0.15, -0.1) is 0 Å². The Kier molecular flexibility index (Phi) is 4.57. The second kappa shape index (κ2) is 6.87. The zero-order chi connectivity index (χ0) is 22.2. The number of carbonyl (C=O) groups is 2. The van der Waals surface area contributed by atoms with Gasteiger partial charge in [-0.3, -0.25) is 9.59 Å². The molecule has 2 aromatic carbocycles. The number of Topliss-reactive ketones (excluding diaryl/α,β-unsaturated/α-hetero) is 2. The van der Waals surface area contributed by atoms with Crippen molar-refractivity contribution in [1.82, 2.24) is 0 Å². The van der Waals surface area contributed by atoms with Gasteiger partial charge in [0.25, 0.3) is 0 Å². The van der Waals surface area contributed by atoms with Crippen LogP contribution in [-0.4, -0.2) is 23.8 Å². The number of ether oxygens (including phenoxy) is 1. The first kappa shape index (κ1) is 20.6. The van der Waals surface area contributed by atoms with Crippen LogP contribution in [0.4, 0.5) is 0 Å². The van der Waals surface area contributed by atoms with E-state index in [2.05, 4.69) is 64.1 Å². The van der Waals surface area contributed by atoms with Crippen LogP contribution >= 0.6 is 0 Å². The molecule has 0 radical (unpaired) electrons. The number of aryl methyl sites for hydroxylation is 3. The summed E-state index contributed by atoms with van der Waals surface area (Å²) in [5.74, 6) is -0.841. The third-order valence-corrected chi connectivity index (χ3v) is 7.81. The molecule has 2 bridgehead atoms. The zero-order valence-electron chi connectivity index (χ0n) is 19.4. The number of hydrogen-bond donors (Lipinski definition) is 0. The highest BCUT2D eigenvalue weighted by Gasteiger charge is 2.66. The van der Waals surface area contributed by atoms with Gasteiger partial charge in [-0.2, -0.15) is 0 Å². The van der Waals surface area contributed by atoms with Gasteiger partial charge < -0.3 is 4.74 Å². The third kappa shape index (κ3) is 3.04. The molecule has 6 atom stereocenters. The maximum atomic E-state index is 13.6. The SMILES string of the molecule is Cc1cc(C)c(C2C(=O)[C@@H]3[C@@H]4O[C@@H](C[C@H]4c4ccc(C(C)(C)C)cc4)[C@@H]3C2=O)c(C)c1. The quantitative estimate of drug-likeness (QED) is 0.621. The molecule has 3 fully saturated rings.